The van der Waals surface area contributed by atoms with Crippen LogP contribution in [0.5, 0.6) is 0 Å². The summed E-state index contributed by atoms with van der Waals surface area (Å²) in [6.45, 7) is 0. The molecular weight excluding hydrogens is 103 g/mol. The van der Waals surface area contributed by atoms with Gasteiger partial charge in [0.2, 0.25) is 0 Å². The fourth-order valence-corrected chi connectivity index (χ4v) is 0. The van der Waals surface area contributed by atoms with Crippen LogP contribution in [0.25, 0.3) is 0 Å². The average molecular weight is 103 g/mol. The van der Waals surface area contributed by atoms with Gasteiger partial charge in [0.1, 0.15) is 0 Å². The predicted molar refractivity (Wildman–Crippen MR) is 11.2 cm³/mol. The van der Waals surface area contributed by atoms with Gasteiger partial charge in [-0.15, -0.1) is 0 Å². The van der Waals surface area contributed by atoms with E-state index in [4.69, 9.17) is 10.5 Å². The summed E-state index contributed by atoms with van der Waals surface area (Å²) in [4.78, 5) is 0. The van der Waals surface area contributed by atoms with Gasteiger partial charge >= 0.3 is 0 Å². The van der Waals surface area contributed by atoms with Gasteiger partial charge in [0.25, 0.3) is 0 Å². The van der Waals surface area contributed by atoms with Gasteiger partial charge in [-0.05, 0) is 0 Å². The van der Waals surface area contributed by atoms with Crippen LogP contribution in [0.2, 0.25) is 0 Å². The number of hydrogen-bond acceptors (Lipinski definition) is 2. The van der Waals surface area contributed by atoms with Crippen molar-refractivity contribution in [2.45, 2.75) is 0 Å². The molecule has 0 N–H and O–H groups in total. The molecule has 0 aromatic carbocycles. The molecule has 0 bridgehead atoms. The number of nitrogens with zero attached hydrogens (tertiary/aromatic N) is 2. The van der Waals surface area contributed by atoms with Gasteiger partial charge in [0.15, 0.2) is 12.1 Å². The number of nitriles is 2. The molecule has 3 heteroatoms. The summed E-state index contributed by atoms with van der Waals surface area (Å²) in [6, 6.07) is 2.47. The molecule has 0 unspecified atom stereocenters. The van der Waals surface area contributed by atoms with Crippen molar-refractivity contribution in [1.82, 2.24) is 0 Å². The van der Waals surface area contributed by atoms with Crippen molar-refractivity contribution in [2.75, 3.05) is 0 Å². The fraction of sp³-hybridized carbons (Fsp3) is 0. The molecule has 5 heavy (non-hydrogen) atoms. The summed E-state index contributed by atoms with van der Waals surface area (Å²) in [5.41, 5.74) is 0. The van der Waals surface area contributed by atoms with Crippen LogP contribution in [0, 0.1) is 22.7 Å². The van der Waals surface area contributed by atoms with Crippen molar-refractivity contribution in [1.29, 1.82) is 10.5 Å². The summed E-state index contributed by atoms with van der Waals surface area (Å²) < 4.78 is 0. The van der Waals surface area contributed by atoms with Crippen molar-refractivity contribution >= 4 is 0 Å². The van der Waals surface area contributed by atoms with E-state index in [0.717, 1.165) is 0 Å². The van der Waals surface area contributed by atoms with E-state index in [0.29, 0.717) is 0 Å². The Morgan fingerprint density at radius 1 is 1.00 bits per heavy atom. The van der Waals surface area contributed by atoms with E-state index in [-0.39, 0.29) is 18.6 Å². The van der Waals surface area contributed by atoms with Crippen LogP contribution in [0.15, 0.2) is 0 Å². The quantitative estimate of drug-likeness (QED) is 0.434. The summed E-state index contributed by atoms with van der Waals surface area (Å²) in [5, 5.41) is 14.5. The van der Waals surface area contributed by atoms with Crippen molar-refractivity contribution in [2.24, 2.45) is 0 Å². The van der Waals surface area contributed by atoms with Crippen LogP contribution < -0.4 is 0 Å². The third-order valence-corrected chi connectivity index (χ3v) is 0.0500. The summed E-state index contributed by atoms with van der Waals surface area (Å²) in [6.07, 6.45) is 0. The first-order chi connectivity index (χ1) is 1.91. The molecular formula is C2N2V. The maximum atomic E-state index is 7.26. The zero-order valence-electron chi connectivity index (χ0n) is 2.34. The van der Waals surface area contributed by atoms with Crippen molar-refractivity contribution < 1.29 is 18.6 Å². The Balaban J connectivity index is 0. The minimum absolute atomic E-state index is 0. The van der Waals surface area contributed by atoms with Gasteiger partial charge in [0, 0.05) is 18.6 Å². The second-order valence-corrected chi connectivity index (χ2v) is 0.224. The van der Waals surface area contributed by atoms with Gasteiger partial charge < -0.3 is 0 Å². The third kappa shape index (κ3) is 27.4. The molecule has 2 nitrogen and oxygen atoms in total. The van der Waals surface area contributed by atoms with Crippen LogP contribution >= 0.6 is 0 Å². The standard InChI is InChI=1S/C2N2.V/c3-1-2-4;. The Labute approximate surface area is 41.9 Å². The molecule has 1 radical (unpaired) electrons. The van der Waals surface area contributed by atoms with Gasteiger partial charge in [-0.2, -0.15) is 10.5 Å². The van der Waals surface area contributed by atoms with Crippen molar-refractivity contribution in [3.8, 4) is 12.1 Å². The van der Waals surface area contributed by atoms with E-state index >= 15 is 0 Å². The molecule has 0 saturated carbocycles. The summed E-state index contributed by atoms with van der Waals surface area (Å²) in [5.74, 6) is 0. The second-order valence-electron chi connectivity index (χ2n) is 0.224. The Morgan fingerprint density at radius 3 is 1.20 bits per heavy atom. The maximum Gasteiger partial charge on any atom is 0.181 e. The molecule has 0 amide bonds. The van der Waals surface area contributed by atoms with E-state index in [9.17, 15) is 0 Å². The summed E-state index contributed by atoms with van der Waals surface area (Å²) >= 11 is 0. The molecule has 0 aliphatic heterocycles. The smallest absolute Gasteiger partial charge is 0.181 e. The fourth-order valence-electron chi connectivity index (χ4n) is 0. The van der Waals surface area contributed by atoms with Gasteiger partial charge in [0.05, 0.1) is 0 Å². The van der Waals surface area contributed by atoms with Gasteiger partial charge in [-0.25, -0.2) is 0 Å². The van der Waals surface area contributed by atoms with Crippen LogP contribution in [0.3, 0.4) is 0 Å². The molecule has 0 aromatic heterocycles. The molecule has 0 spiro atoms. The van der Waals surface area contributed by atoms with Crippen LogP contribution in [-0.4, -0.2) is 0 Å². The zero-order chi connectivity index (χ0) is 3.41. The molecule has 0 heterocycles. The molecule has 0 aliphatic carbocycles. The van der Waals surface area contributed by atoms with E-state index in [2.05, 4.69) is 0 Å². The van der Waals surface area contributed by atoms with E-state index in [1.54, 1.807) is 0 Å². The zero-order valence-corrected chi connectivity index (χ0v) is 3.74. The Hall–Kier alpha value is -0.436. The van der Waals surface area contributed by atoms with Gasteiger partial charge in [-0.3, -0.25) is 0 Å². The monoisotopic (exact) mass is 103 g/mol. The summed E-state index contributed by atoms with van der Waals surface area (Å²) in [7, 11) is 0. The largest absolute Gasteiger partial charge is 0.181 e. The topological polar surface area (TPSA) is 47.6 Å². The molecule has 0 atom stereocenters. The molecule has 0 fully saturated rings. The molecule has 0 aromatic rings. The third-order valence-electron chi connectivity index (χ3n) is 0.0500. The van der Waals surface area contributed by atoms with E-state index < -0.39 is 0 Å². The van der Waals surface area contributed by atoms with E-state index in [1.165, 1.54) is 12.1 Å². The maximum absolute atomic E-state index is 7.26. The van der Waals surface area contributed by atoms with Crippen molar-refractivity contribution in [3.63, 3.8) is 0 Å². The first-order valence-corrected chi connectivity index (χ1v) is 0.697. The Morgan fingerprint density at radius 2 is 1.20 bits per heavy atom. The van der Waals surface area contributed by atoms with Crippen LogP contribution in [0.4, 0.5) is 0 Å². The first-order valence-electron chi connectivity index (χ1n) is 0.697. The van der Waals surface area contributed by atoms with Crippen LogP contribution in [0.1, 0.15) is 0 Å². The number of hydrogen-bond donors (Lipinski definition) is 0. The van der Waals surface area contributed by atoms with Crippen LogP contribution in [-0.2, 0) is 18.6 Å². The normalized spacial score (nSPS) is 2.00. The minimum Gasteiger partial charge on any atom is -0.181 e. The SMILES string of the molecule is N#CC#N.[V]. The average Bonchev–Trinajstić information content (AvgIpc) is 1.37. The minimum atomic E-state index is 0. The first kappa shape index (κ1) is 8.82. The molecule has 0 aliphatic rings. The predicted octanol–water partition coefficient (Wildman–Crippen LogP) is 0.0311. The van der Waals surface area contributed by atoms with Gasteiger partial charge in [-0.1, -0.05) is 0 Å². The Kier molecular flexibility index (Phi) is 16.9. The molecule has 0 rings (SSSR count). The Bertz CT molecular complexity index is 62.6. The number of rotatable bonds is 0. The molecule has 23 valence electrons. The van der Waals surface area contributed by atoms with Crippen molar-refractivity contribution in [3.05, 3.63) is 0 Å². The van der Waals surface area contributed by atoms with E-state index in [1.807, 2.05) is 0 Å². The molecule has 0 saturated heterocycles. The second kappa shape index (κ2) is 9.58.